The van der Waals surface area contributed by atoms with Gasteiger partial charge in [0.25, 0.3) is 0 Å². The zero-order valence-electron chi connectivity index (χ0n) is 15.8. The Morgan fingerprint density at radius 1 is 1.28 bits per heavy atom. The van der Waals surface area contributed by atoms with Gasteiger partial charge >= 0.3 is 0 Å². The van der Waals surface area contributed by atoms with Gasteiger partial charge < -0.3 is 15.0 Å². The lowest BCUT2D eigenvalue weighted by Gasteiger charge is -2.32. The van der Waals surface area contributed by atoms with Gasteiger partial charge in [-0.1, -0.05) is 50.3 Å². The third kappa shape index (κ3) is 7.00. The quantitative estimate of drug-likeness (QED) is 0.785. The summed E-state index contributed by atoms with van der Waals surface area (Å²) in [6, 6.07) is 8.84. The maximum atomic E-state index is 12.1. The molecule has 25 heavy (non-hydrogen) atoms. The van der Waals surface area contributed by atoms with Crippen molar-refractivity contribution in [1.82, 2.24) is 10.2 Å². The van der Waals surface area contributed by atoms with Gasteiger partial charge in [0.1, 0.15) is 0 Å². The Labute approximate surface area is 152 Å². The second-order valence-corrected chi connectivity index (χ2v) is 7.10. The average Bonchev–Trinajstić information content (AvgIpc) is 2.61. The summed E-state index contributed by atoms with van der Waals surface area (Å²) in [6.07, 6.45) is 6.46. The lowest BCUT2D eigenvalue weighted by Crippen LogP contribution is -2.45. The van der Waals surface area contributed by atoms with Gasteiger partial charge in [-0.2, -0.15) is 0 Å². The monoisotopic (exact) mass is 344 g/mol. The van der Waals surface area contributed by atoms with E-state index < -0.39 is 0 Å². The van der Waals surface area contributed by atoms with E-state index in [1.165, 1.54) is 5.56 Å². The normalized spacial score (nSPS) is 16.6. The number of carbonyl (C=O) groups is 1. The molecule has 138 valence electrons. The van der Waals surface area contributed by atoms with Crippen molar-refractivity contribution in [2.45, 2.75) is 45.1 Å². The summed E-state index contributed by atoms with van der Waals surface area (Å²) in [5.41, 5.74) is 2.48. The Balaban J connectivity index is 1.68. The lowest BCUT2D eigenvalue weighted by atomic mass is 10.0. The number of methoxy groups -OCH3 is 1. The predicted octanol–water partition coefficient (Wildman–Crippen LogP) is 3.44. The highest BCUT2D eigenvalue weighted by atomic mass is 16.5. The lowest BCUT2D eigenvalue weighted by molar-refractivity contribution is -0.121. The van der Waals surface area contributed by atoms with Crippen molar-refractivity contribution in [1.29, 1.82) is 0 Å². The highest BCUT2D eigenvalue weighted by molar-refractivity contribution is 5.78. The second-order valence-electron chi connectivity index (χ2n) is 7.10. The van der Waals surface area contributed by atoms with E-state index in [4.69, 9.17) is 4.74 Å². The summed E-state index contributed by atoms with van der Waals surface area (Å²) in [4.78, 5) is 14.5. The van der Waals surface area contributed by atoms with Gasteiger partial charge in [-0.15, -0.1) is 0 Å². The minimum atomic E-state index is 0.116. The van der Waals surface area contributed by atoms with Gasteiger partial charge in [0, 0.05) is 39.2 Å². The van der Waals surface area contributed by atoms with Crippen molar-refractivity contribution in [3.8, 4) is 0 Å². The Bertz CT molecular complexity index is 544. The summed E-state index contributed by atoms with van der Waals surface area (Å²) in [6.45, 7) is 8.21. The van der Waals surface area contributed by atoms with Gasteiger partial charge in [0.05, 0.1) is 6.61 Å². The van der Waals surface area contributed by atoms with Crippen LogP contribution >= 0.6 is 0 Å². The van der Waals surface area contributed by atoms with Gasteiger partial charge in [0.2, 0.25) is 5.91 Å². The molecule has 0 radical (unpaired) electrons. The molecule has 0 saturated carbocycles. The van der Waals surface area contributed by atoms with E-state index in [2.05, 4.69) is 48.3 Å². The molecule has 1 aromatic carbocycles. The summed E-state index contributed by atoms with van der Waals surface area (Å²) >= 11 is 0. The molecule has 1 fully saturated rings. The molecule has 0 bridgehead atoms. The van der Waals surface area contributed by atoms with E-state index >= 15 is 0 Å². The number of nitrogens with zero attached hydrogens (tertiary/aromatic N) is 1. The number of hydrogen-bond acceptors (Lipinski definition) is 3. The van der Waals surface area contributed by atoms with Gasteiger partial charge in [-0.3, -0.25) is 4.79 Å². The standard InChI is InChI=1S/C21H32N2O2/c1-17(2)19-9-7-18(8-10-19)5-4-6-21(24)22-20-11-13-23(14-12-20)15-16-25-3/h4-5,7-10,17,20H,6,11-16H2,1-3H3,(H,22,24)/b5-4+. The van der Waals surface area contributed by atoms with Crippen LogP contribution in [0.4, 0.5) is 0 Å². The molecule has 0 aliphatic carbocycles. The maximum Gasteiger partial charge on any atom is 0.224 e. The van der Waals surface area contributed by atoms with Gasteiger partial charge in [-0.25, -0.2) is 0 Å². The number of piperidine rings is 1. The first kappa shape index (κ1) is 19.7. The molecule has 4 heteroatoms. The molecule has 0 unspecified atom stereocenters. The molecule has 1 aliphatic heterocycles. The molecule has 1 aromatic rings. The SMILES string of the molecule is COCCN1CCC(NC(=O)C/C=C/c2ccc(C(C)C)cc2)CC1. The number of nitrogens with one attached hydrogen (secondary N) is 1. The zero-order valence-corrected chi connectivity index (χ0v) is 15.8. The summed E-state index contributed by atoms with van der Waals surface area (Å²) < 4.78 is 5.12. The number of carbonyl (C=O) groups excluding carboxylic acids is 1. The summed E-state index contributed by atoms with van der Waals surface area (Å²) in [5.74, 6) is 0.662. The minimum Gasteiger partial charge on any atom is -0.383 e. The molecular weight excluding hydrogens is 312 g/mol. The molecule has 1 aliphatic rings. The third-order valence-corrected chi connectivity index (χ3v) is 4.78. The molecule has 1 N–H and O–H groups in total. The fourth-order valence-electron chi connectivity index (χ4n) is 3.10. The first-order valence-corrected chi connectivity index (χ1v) is 9.35. The maximum absolute atomic E-state index is 12.1. The molecular formula is C21H32N2O2. The van der Waals surface area contributed by atoms with Crippen LogP contribution in [-0.4, -0.2) is 50.2 Å². The van der Waals surface area contributed by atoms with Crippen molar-refractivity contribution in [2.24, 2.45) is 0 Å². The van der Waals surface area contributed by atoms with Crippen LogP contribution in [0.2, 0.25) is 0 Å². The van der Waals surface area contributed by atoms with Crippen LogP contribution in [0, 0.1) is 0 Å². The number of amides is 1. The third-order valence-electron chi connectivity index (χ3n) is 4.78. The van der Waals surface area contributed by atoms with Crippen molar-refractivity contribution in [3.63, 3.8) is 0 Å². The second kappa shape index (κ2) is 10.4. The molecule has 2 rings (SSSR count). The zero-order chi connectivity index (χ0) is 18.1. The van der Waals surface area contributed by atoms with Crippen molar-refractivity contribution < 1.29 is 9.53 Å². The van der Waals surface area contributed by atoms with Crippen LogP contribution in [0.1, 0.15) is 50.2 Å². The number of rotatable bonds is 8. The van der Waals surface area contributed by atoms with E-state index in [0.29, 0.717) is 18.4 Å². The fraction of sp³-hybridized carbons (Fsp3) is 0.571. The molecule has 4 nitrogen and oxygen atoms in total. The van der Waals surface area contributed by atoms with E-state index in [1.807, 2.05) is 12.2 Å². The van der Waals surface area contributed by atoms with Crippen molar-refractivity contribution in [3.05, 3.63) is 41.5 Å². The summed E-state index contributed by atoms with van der Waals surface area (Å²) in [7, 11) is 1.74. The van der Waals surface area contributed by atoms with E-state index in [9.17, 15) is 4.79 Å². The molecule has 0 aromatic heterocycles. The smallest absolute Gasteiger partial charge is 0.224 e. The van der Waals surface area contributed by atoms with E-state index in [0.717, 1.165) is 44.6 Å². The minimum absolute atomic E-state index is 0.116. The first-order chi connectivity index (χ1) is 12.1. The van der Waals surface area contributed by atoms with Crippen LogP contribution in [0.15, 0.2) is 30.3 Å². The van der Waals surface area contributed by atoms with Crippen molar-refractivity contribution >= 4 is 12.0 Å². The van der Waals surface area contributed by atoms with Crippen LogP contribution in [0.25, 0.3) is 6.08 Å². The van der Waals surface area contributed by atoms with Gasteiger partial charge in [0.15, 0.2) is 0 Å². The molecule has 1 amide bonds. The highest BCUT2D eigenvalue weighted by Crippen LogP contribution is 2.15. The van der Waals surface area contributed by atoms with Crippen molar-refractivity contribution in [2.75, 3.05) is 33.4 Å². The van der Waals surface area contributed by atoms with E-state index in [1.54, 1.807) is 7.11 Å². The number of benzene rings is 1. The Hall–Kier alpha value is -1.65. The van der Waals surface area contributed by atoms with E-state index in [-0.39, 0.29) is 5.91 Å². The molecule has 1 heterocycles. The fourth-order valence-corrected chi connectivity index (χ4v) is 3.10. The topological polar surface area (TPSA) is 41.6 Å². The predicted molar refractivity (Wildman–Crippen MR) is 104 cm³/mol. The molecule has 0 atom stereocenters. The van der Waals surface area contributed by atoms with Crippen LogP contribution < -0.4 is 5.32 Å². The summed E-state index contributed by atoms with van der Waals surface area (Å²) in [5, 5.41) is 3.16. The number of ether oxygens (including phenoxy) is 1. The number of likely N-dealkylation sites (tertiary alicyclic amines) is 1. The first-order valence-electron chi connectivity index (χ1n) is 9.35. The Kier molecular flexibility index (Phi) is 8.16. The Morgan fingerprint density at radius 3 is 2.56 bits per heavy atom. The van der Waals surface area contributed by atoms with Crippen LogP contribution in [-0.2, 0) is 9.53 Å². The van der Waals surface area contributed by atoms with Crippen LogP contribution in [0.5, 0.6) is 0 Å². The Morgan fingerprint density at radius 2 is 1.96 bits per heavy atom. The molecule has 0 spiro atoms. The van der Waals surface area contributed by atoms with Crippen LogP contribution in [0.3, 0.4) is 0 Å². The largest absolute Gasteiger partial charge is 0.383 e. The van der Waals surface area contributed by atoms with Gasteiger partial charge in [-0.05, 0) is 29.9 Å². The highest BCUT2D eigenvalue weighted by Gasteiger charge is 2.19. The number of hydrogen-bond donors (Lipinski definition) is 1. The average molecular weight is 344 g/mol. The molecule has 1 saturated heterocycles.